The maximum absolute atomic E-state index is 4.51. The first-order valence-electron chi connectivity index (χ1n) is 4.95. The molecule has 3 rings (SSSR count). The molecule has 0 saturated carbocycles. The van der Waals surface area contributed by atoms with Gasteiger partial charge in [0.15, 0.2) is 0 Å². The van der Waals surface area contributed by atoms with Crippen LogP contribution in [0.4, 0.5) is 0 Å². The SMILES string of the molecule is Brc1ccccc1C12C[N]CC1NC2. The van der Waals surface area contributed by atoms with Crippen molar-refractivity contribution in [1.29, 1.82) is 0 Å². The van der Waals surface area contributed by atoms with Gasteiger partial charge in [0.05, 0.1) is 0 Å². The standard InChI is InChI=1S/C11H12BrN2/c12-9-4-2-1-3-8(9)11-6-13-5-10(11)14-7-11/h1-4,10,14H,5-7H2. The first-order chi connectivity index (χ1) is 6.83. The minimum atomic E-state index is 0.292. The summed E-state index contributed by atoms with van der Waals surface area (Å²) >= 11 is 3.63. The van der Waals surface area contributed by atoms with Crippen molar-refractivity contribution in [2.24, 2.45) is 0 Å². The molecule has 2 heterocycles. The number of nitrogens with zero attached hydrogens (tertiary/aromatic N) is 1. The Hall–Kier alpha value is -0.380. The van der Waals surface area contributed by atoms with Gasteiger partial charge in [0, 0.05) is 35.6 Å². The molecule has 0 aliphatic carbocycles. The van der Waals surface area contributed by atoms with Gasteiger partial charge in [0.1, 0.15) is 0 Å². The maximum Gasteiger partial charge on any atom is 0.0396 e. The lowest BCUT2D eigenvalue weighted by atomic mass is 9.71. The van der Waals surface area contributed by atoms with E-state index in [4.69, 9.17) is 0 Å². The van der Waals surface area contributed by atoms with Crippen molar-refractivity contribution >= 4 is 15.9 Å². The lowest BCUT2D eigenvalue weighted by Crippen LogP contribution is -2.64. The third-order valence-corrected chi connectivity index (χ3v) is 4.14. The summed E-state index contributed by atoms with van der Waals surface area (Å²) < 4.78 is 1.23. The predicted octanol–water partition coefficient (Wildman–Crippen LogP) is 1.28. The molecule has 2 saturated heterocycles. The third kappa shape index (κ3) is 1.03. The van der Waals surface area contributed by atoms with Crippen LogP contribution in [-0.2, 0) is 5.41 Å². The molecule has 3 heteroatoms. The van der Waals surface area contributed by atoms with Gasteiger partial charge in [-0.25, -0.2) is 5.32 Å². The number of halogens is 1. The van der Waals surface area contributed by atoms with Crippen molar-refractivity contribution in [1.82, 2.24) is 10.6 Å². The fourth-order valence-electron chi connectivity index (χ4n) is 2.52. The van der Waals surface area contributed by atoms with E-state index in [0.29, 0.717) is 11.5 Å². The van der Waals surface area contributed by atoms with Gasteiger partial charge in [-0.05, 0) is 11.6 Å². The Kier molecular flexibility index (Phi) is 1.94. The van der Waals surface area contributed by atoms with Gasteiger partial charge in [0.25, 0.3) is 0 Å². The zero-order valence-electron chi connectivity index (χ0n) is 7.83. The molecule has 1 aromatic carbocycles. The largest absolute Gasteiger partial charge is 0.311 e. The highest BCUT2D eigenvalue weighted by molar-refractivity contribution is 9.10. The monoisotopic (exact) mass is 251 g/mol. The van der Waals surface area contributed by atoms with Crippen LogP contribution < -0.4 is 10.6 Å². The molecule has 1 N–H and O–H groups in total. The quantitative estimate of drug-likeness (QED) is 0.800. The molecule has 0 bridgehead atoms. The van der Waals surface area contributed by atoms with Crippen molar-refractivity contribution in [3.05, 3.63) is 34.3 Å². The molecule has 14 heavy (non-hydrogen) atoms. The van der Waals surface area contributed by atoms with Crippen molar-refractivity contribution in [2.45, 2.75) is 11.5 Å². The average molecular weight is 252 g/mol. The Labute approximate surface area is 92.2 Å². The molecule has 0 amide bonds. The van der Waals surface area contributed by atoms with Gasteiger partial charge in [-0.3, -0.25) is 0 Å². The molecule has 2 unspecified atom stereocenters. The second-order valence-electron chi connectivity index (χ2n) is 4.13. The highest BCUT2D eigenvalue weighted by atomic mass is 79.9. The first kappa shape index (κ1) is 8.89. The summed E-state index contributed by atoms with van der Waals surface area (Å²) in [5.41, 5.74) is 1.71. The van der Waals surface area contributed by atoms with Gasteiger partial charge in [-0.2, -0.15) is 0 Å². The zero-order valence-corrected chi connectivity index (χ0v) is 9.42. The van der Waals surface area contributed by atoms with Crippen LogP contribution in [0.5, 0.6) is 0 Å². The fourth-order valence-corrected chi connectivity index (χ4v) is 3.20. The summed E-state index contributed by atoms with van der Waals surface area (Å²) in [5.74, 6) is 0. The van der Waals surface area contributed by atoms with Crippen LogP contribution in [-0.4, -0.2) is 25.7 Å². The minimum Gasteiger partial charge on any atom is -0.311 e. The van der Waals surface area contributed by atoms with E-state index >= 15 is 0 Å². The molecule has 73 valence electrons. The fraction of sp³-hybridized carbons (Fsp3) is 0.455. The average Bonchev–Trinajstić information content (AvgIpc) is 2.45. The number of hydrogen-bond acceptors (Lipinski definition) is 1. The lowest BCUT2D eigenvalue weighted by molar-refractivity contribution is 0.234. The summed E-state index contributed by atoms with van der Waals surface area (Å²) in [6, 6.07) is 9.09. The molecule has 0 spiro atoms. The molecule has 2 atom stereocenters. The normalized spacial score (nSPS) is 35.1. The Morgan fingerprint density at radius 3 is 2.93 bits per heavy atom. The van der Waals surface area contributed by atoms with E-state index in [-0.39, 0.29) is 0 Å². The number of hydrogen-bond donors (Lipinski definition) is 1. The first-order valence-corrected chi connectivity index (χ1v) is 5.74. The van der Waals surface area contributed by atoms with E-state index < -0.39 is 0 Å². The zero-order chi connectivity index (χ0) is 9.60. The third-order valence-electron chi connectivity index (χ3n) is 3.45. The topological polar surface area (TPSA) is 26.1 Å². The molecule has 2 fully saturated rings. The Morgan fingerprint density at radius 1 is 1.43 bits per heavy atom. The highest BCUT2D eigenvalue weighted by Gasteiger charge is 2.52. The minimum absolute atomic E-state index is 0.292. The summed E-state index contributed by atoms with van der Waals surface area (Å²) in [5, 5.41) is 7.97. The van der Waals surface area contributed by atoms with Gasteiger partial charge in [-0.15, -0.1) is 0 Å². The van der Waals surface area contributed by atoms with E-state index in [1.165, 1.54) is 10.0 Å². The van der Waals surface area contributed by atoms with Gasteiger partial charge >= 0.3 is 0 Å². The number of rotatable bonds is 1. The van der Waals surface area contributed by atoms with E-state index in [1.54, 1.807) is 0 Å². The number of nitrogens with one attached hydrogen (secondary N) is 1. The summed E-state index contributed by atoms with van der Waals surface area (Å²) in [4.78, 5) is 0. The van der Waals surface area contributed by atoms with E-state index in [0.717, 1.165) is 19.6 Å². The van der Waals surface area contributed by atoms with E-state index in [1.807, 2.05) is 0 Å². The van der Waals surface area contributed by atoms with Crippen molar-refractivity contribution in [3.63, 3.8) is 0 Å². The van der Waals surface area contributed by atoms with Crippen molar-refractivity contribution in [2.75, 3.05) is 19.6 Å². The van der Waals surface area contributed by atoms with Crippen LogP contribution >= 0.6 is 15.9 Å². The summed E-state index contributed by atoms with van der Waals surface area (Å²) in [7, 11) is 0. The molecule has 1 aromatic rings. The van der Waals surface area contributed by atoms with Crippen LogP contribution in [0.3, 0.4) is 0 Å². The van der Waals surface area contributed by atoms with Crippen molar-refractivity contribution in [3.8, 4) is 0 Å². The Bertz CT molecular complexity index is 366. The molecule has 2 aliphatic rings. The van der Waals surface area contributed by atoms with Crippen molar-refractivity contribution < 1.29 is 0 Å². The van der Waals surface area contributed by atoms with Gasteiger partial charge in [0.2, 0.25) is 0 Å². The lowest BCUT2D eigenvalue weighted by Gasteiger charge is -2.46. The van der Waals surface area contributed by atoms with E-state index in [9.17, 15) is 0 Å². The predicted molar refractivity (Wildman–Crippen MR) is 59.5 cm³/mol. The van der Waals surface area contributed by atoms with Crippen LogP contribution in [0.2, 0.25) is 0 Å². The van der Waals surface area contributed by atoms with Crippen LogP contribution in [0.1, 0.15) is 5.56 Å². The number of fused-ring (bicyclic) bond motifs is 1. The summed E-state index contributed by atoms with van der Waals surface area (Å²) in [6.45, 7) is 3.03. The molecule has 1 radical (unpaired) electrons. The van der Waals surface area contributed by atoms with Gasteiger partial charge in [-0.1, -0.05) is 34.1 Å². The molecular formula is C11H12BrN2. The molecule has 0 aromatic heterocycles. The second-order valence-corrected chi connectivity index (χ2v) is 4.99. The van der Waals surface area contributed by atoms with E-state index in [2.05, 4.69) is 50.8 Å². The molecule has 2 aliphatic heterocycles. The molecular weight excluding hydrogens is 240 g/mol. The Morgan fingerprint density at radius 2 is 2.29 bits per heavy atom. The van der Waals surface area contributed by atoms with Crippen LogP contribution in [0, 0.1) is 0 Å². The van der Waals surface area contributed by atoms with Gasteiger partial charge < -0.3 is 5.32 Å². The smallest absolute Gasteiger partial charge is 0.0396 e. The van der Waals surface area contributed by atoms with Crippen LogP contribution in [0.25, 0.3) is 0 Å². The number of benzene rings is 1. The maximum atomic E-state index is 4.51. The van der Waals surface area contributed by atoms with Crippen LogP contribution in [0.15, 0.2) is 28.7 Å². The Balaban J connectivity index is 2.06. The molecule has 2 nitrogen and oxygen atoms in total. The second kappa shape index (κ2) is 3.05. The highest BCUT2D eigenvalue weighted by Crippen LogP contribution is 2.40. The summed E-state index contributed by atoms with van der Waals surface area (Å²) in [6.07, 6.45) is 0.